The number of fused-ring (bicyclic) bond motifs is 1. The van der Waals surface area contributed by atoms with Crippen LogP contribution in [0.1, 0.15) is 37.7 Å². The average Bonchev–Trinajstić information content (AvgIpc) is 3.00. The van der Waals surface area contributed by atoms with E-state index in [0.717, 1.165) is 38.4 Å². The Morgan fingerprint density at radius 2 is 2.00 bits per heavy atom. The fourth-order valence-corrected chi connectivity index (χ4v) is 3.06. The van der Waals surface area contributed by atoms with Gasteiger partial charge in [-0.05, 0) is 30.7 Å². The highest BCUT2D eigenvalue weighted by atomic mass is 15.2. The fraction of sp³-hybridized carbons (Fsp3) is 0.471. The van der Waals surface area contributed by atoms with Gasteiger partial charge in [-0.25, -0.2) is 4.98 Å². The van der Waals surface area contributed by atoms with Crippen LogP contribution in [0.2, 0.25) is 0 Å². The normalized spacial score (nSPS) is 15.8. The van der Waals surface area contributed by atoms with Crippen LogP contribution < -0.4 is 10.2 Å². The molecule has 4 heteroatoms. The topological polar surface area (TPSA) is 33.1 Å². The van der Waals surface area contributed by atoms with Gasteiger partial charge in [0.25, 0.3) is 0 Å². The van der Waals surface area contributed by atoms with Crippen LogP contribution in [0.15, 0.2) is 36.7 Å². The van der Waals surface area contributed by atoms with E-state index in [0.29, 0.717) is 6.04 Å². The van der Waals surface area contributed by atoms with Crippen LogP contribution in [0.25, 0.3) is 0 Å². The summed E-state index contributed by atoms with van der Waals surface area (Å²) in [5, 5.41) is 3.53. The Morgan fingerprint density at radius 3 is 2.71 bits per heavy atom. The van der Waals surface area contributed by atoms with Crippen molar-refractivity contribution >= 4 is 5.69 Å². The Morgan fingerprint density at radius 1 is 1.19 bits per heavy atom. The highest BCUT2D eigenvalue weighted by Gasteiger charge is 2.17. The largest absolute Gasteiger partial charge is 0.362 e. The van der Waals surface area contributed by atoms with Crippen LogP contribution in [0, 0.1) is 0 Å². The van der Waals surface area contributed by atoms with Crippen LogP contribution in [-0.4, -0.2) is 22.6 Å². The van der Waals surface area contributed by atoms with Crippen molar-refractivity contribution in [2.45, 2.75) is 39.4 Å². The molecule has 3 rings (SSSR count). The van der Waals surface area contributed by atoms with Crippen molar-refractivity contribution in [2.75, 3.05) is 18.0 Å². The number of imidazole rings is 1. The summed E-state index contributed by atoms with van der Waals surface area (Å²) in [6.45, 7) is 8.36. The standard InChI is InChI=1S/C17H24N4/c1-3-16(18-4-2)14-5-7-15(8-6-14)21-12-11-20-10-9-19-17(20)13-21/h5-10,16,18H,3-4,11-13H2,1-2H3. The highest BCUT2D eigenvalue weighted by Crippen LogP contribution is 2.24. The third-order valence-electron chi connectivity index (χ3n) is 4.26. The van der Waals surface area contributed by atoms with Gasteiger partial charge >= 0.3 is 0 Å². The summed E-state index contributed by atoms with van der Waals surface area (Å²) in [5.74, 6) is 1.16. The molecule has 1 aromatic carbocycles. The van der Waals surface area contributed by atoms with E-state index in [2.05, 4.69) is 64.1 Å². The molecule has 4 nitrogen and oxygen atoms in total. The molecular weight excluding hydrogens is 260 g/mol. The van der Waals surface area contributed by atoms with Gasteiger partial charge < -0.3 is 14.8 Å². The minimum atomic E-state index is 0.462. The zero-order valence-corrected chi connectivity index (χ0v) is 12.9. The maximum Gasteiger partial charge on any atom is 0.128 e. The van der Waals surface area contributed by atoms with Crippen LogP contribution in [0.5, 0.6) is 0 Å². The van der Waals surface area contributed by atoms with Gasteiger partial charge in [0, 0.05) is 37.2 Å². The fourth-order valence-electron chi connectivity index (χ4n) is 3.06. The molecule has 21 heavy (non-hydrogen) atoms. The predicted molar refractivity (Wildman–Crippen MR) is 86.4 cm³/mol. The Kier molecular flexibility index (Phi) is 4.25. The zero-order valence-electron chi connectivity index (χ0n) is 12.9. The second-order valence-corrected chi connectivity index (χ2v) is 5.57. The summed E-state index contributed by atoms with van der Waals surface area (Å²) in [4.78, 5) is 6.83. The smallest absolute Gasteiger partial charge is 0.128 e. The third kappa shape index (κ3) is 2.95. The van der Waals surface area contributed by atoms with Gasteiger partial charge in [-0.2, -0.15) is 0 Å². The average molecular weight is 284 g/mol. The van der Waals surface area contributed by atoms with Crippen LogP contribution in [0.4, 0.5) is 5.69 Å². The molecule has 1 unspecified atom stereocenters. The second kappa shape index (κ2) is 6.31. The van der Waals surface area contributed by atoms with Crippen molar-refractivity contribution in [1.82, 2.24) is 14.9 Å². The van der Waals surface area contributed by atoms with E-state index < -0.39 is 0 Å². The van der Waals surface area contributed by atoms with Crippen molar-refractivity contribution in [2.24, 2.45) is 0 Å². The Bertz CT molecular complexity index is 573. The molecule has 1 atom stereocenters. The summed E-state index contributed by atoms with van der Waals surface area (Å²) < 4.78 is 2.24. The first-order valence-electron chi connectivity index (χ1n) is 7.90. The van der Waals surface area contributed by atoms with E-state index in [9.17, 15) is 0 Å². The highest BCUT2D eigenvalue weighted by molar-refractivity contribution is 5.48. The van der Waals surface area contributed by atoms with Crippen molar-refractivity contribution in [3.63, 3.8) is 0 Å². The van der Waals surface area contributed by atoms with Crippen molar-refractivity contribution in [3.05, 3.63) is 48.0 Å². The van der Waals surface area contributed by atoms with Gasteiger partial charge in [-0.1, -0.05) is 26.0 Å². The lowest BCUT2D eigenvalue weighted by Crippen LogP contribution is -2.33. The van der Waals surface area contributed by atoms with Gasteiger partial charge in [0.2, 0.25) is 0 Å². The summed E-state index contributed by atoms with van der Waals surface area (Å²) in [6, 6.07) is 9.46. The zero-order chi connectivity index (χ0) is 14.7. The molecule has 1 aromatic heterocycles. The molecule has 2 aromatic rings. The lowest BCUT2D eigenvalue weighted by molar-refractivity contribution is 0.536. The summed E-state index contributed by atoms with van der Waals surface area (Å²) in [6.07, 6.45) is 5.08. The van der Waals surface area contributed by atoms with Gasteiger partial charge in [0.1, 0.15) is 5.82 Å². The number of aromatic nitrogens is 2. The second-order valence-electron chi connectivity index (χ2n) is 5.57. The molecule has 1 aliphatic heterocycles. The van der Waals surface area contributed by atoms with Crippen LogP contribution in [0.3, 0.4) is 0 Å². The number of hydrogen-bond donors (Lipinski definition) is 1. The van der Waals surface area contributed by atoms with Gasteiger partial charge in [-0.3, -0.25) is 0 Å². The van der Waals surface area contributed by atoms with Crippen LogP contribution in [-0.2, 0) is 13.1 Å². The monoisotopic (exact) mass is 284 g/mol. The van der Waals surface area contributed by atoms with E-state index in [1.807, 2.05) is 6.20 Å². The summed E-state index contributed by atoms with van der Waals surface area (Å²) >= 11 is 0. The minimum absolute atomic E-state index is 0.462. The Labute approximate surface area is 126 Å². The molecule has 0 radical (unpaired) electrons. The van der Waals surface area contributed by atoms with Crippen molar-refractivity contribution in [1.29, 1.82) is 0 Å². The van der Waals surface area contributed by atoms with E-state index in [1.54, 1.807) is 0 Å². The number of nitrogens with one attached hydrogen (secondary N) is 1. The van der Waals surface area contributed by atoms with Gasteiger partial charge in [-0.15, -0.1) is 0 Å². The first kappa shape index (κ1) is 14.1. The number of nitrogens with zero attached hydrogens (tertiary/aromatic N) is 3. The number of rotatable bonds is 5. The SMILES string of the molecule is CCNC(CC)c1ccc(N2CCn3ccnc3C2)cc1. The van der Waals surface area contributed by atoms with E-state index >= 15 is 0 Å². The Hall–Kier alpha value is -1.81. The molecular formula is C17H24N4. The molecule has 0 saturated heterocycles. The quantitative estimate of drug-likeness (QED) is 0.916. The molecule has 0 bridgehead atoms. The molecule has 1 aliphatic rings. The molecule has 0 amide bonds. The lowest BCUT2D eigenvalue weighted by atomic mass is 10.0. The van der Waals surface area contributed by atoms with E-state index in [1.165, 1.54) is 11.3 Å². The number of benzene rings is 1. The van der Waals surface area contributed by atoms with Gasteiger partial charge in [0.05, 0.1) is 6.54 Å². The molecule has 0 fully saturated rings. The third-order valence-corrected chi connectivity index (χ3v) is 4.26. The predicted octanol–water partition coefficient (Wildman–Crippen LogP) is 2.96. The molecule has 0 saturated carbocycles. The molecule has 0 aliphatic carbocycles. The molecule has 112 valence electrons. The summed E-state index contributed by atoms with van der Waals surface area (Å²) in [5.41, 5.74) is 2.67. The van der Waals surface area contributed by atoms with Crippen molar-refractivity contribution < 1.29 is 0 Å². The van der Waals surface area contributed by atoms with Crippen molar-refractivity contribution in [3.8, 4) is 0 Å². The first-order valence-corrected chi connectivity index (χ1v) is 7.90. The summed E-state index contributed by atoms with van der Waals surface area (Å²) in [7, 11) is 0. The van der Waals surface area contributed by atoms with Crippen LogP contribution >= 0.6 is 0 Å². The Balaban J connectivity index is 1.73. The first-order chi connectivity index (χ1) is 10.3. The number of anilines is 1. The van der Waals surface area contributed by atoms with E-state index in [-0.39, 0.29) is 0 Å². The molecule has 0 spiro atoms. The van der Waals surface area contributed by atoms with E-state index in [4.69, 9.17) is 0 Å². The maximum atomic E-state index is 4.43. The minimum Gasteiger partial charge on any atom is -0.362 e. The molecule has 2 heterocycles. The maximum absolute atomic E-state index is 4.43. The number of hydrogen-bond acceptors (Lipinski definition) is 3. The molecule has 1 N–H and O–H groups in total. The lowest BCUT2D eigenvalue weighted by Gasteiger charge is -2.30. The van der Waals surface area contributed by atoms with Gasteiger partial charge in [0.15, 0.2) is 0 Å².